The molecule has 0 saturated carbocycles. The van der Waals surface area contributed by atoms with Crippen molar-refractivity contribution in [1.29, 1.82) is 0 Å². The van der Waals surface area contributed by atoms with Gasteiger partial charge in [0.1, 0.15) is 5.75 Å². The molecular weight excluding hydrogens is 320 g/mol. The summed E-state index contributed by atoms with van der Waals surface area (Å²) >= 11 is 3.39. The molecule has 20 heavy (non-hydrogen) atoms. The maximum atomic E-state index is 9.53. The van der Waals surface area contributed by atoms with Crippen molar-refractivity contribution in [3.63, 3.8) is 0 Å². The molecule has 0 amide bonds. The summed E-state index contributed by atoms with van der Waals surface area (Å²) in [5.74, 6) is 1.23. The van der Waals surface area contributed by atoms with Gasteiger partial charge >= 0.3 is 0 Å². The van der Waals surface area contributed by atoms with Crippen molar-refractivity contribution in [2.24, 2.45) is 0 Å². The van der Waals surface area contributed by atoms with E-state index in [-0.39, 0.29) is 5.75 Å². The van der Waals surface area contributed by atoms with Crippen molar-refractivity contribution in [2.75, 3.05) is 0 Å². The maximum absolute atomic E-state index is 9.53. The van der Waals surface area contributed by atoms with Gasteiger partial charge in [-0.15, -0.1) is 0 Å². The average molecular weight is 331 g/mol. The van der Waals surface area contributed by atoms with E-state index in [0.717, 1.165) is 21.2 Å². The third-order valence-corrected chi connectivity index (χ3v) is 3.50. The van der Waals surface area contributed by atoms with Gasteiger partial charge in [0.25, 0.3) is 5.89 Å². The summed E-state index contributed by atoms with van der Waals surface area (Å²) in [4.78, 5) is 4.38. The molecule has 100 valence electrons. The zero-order valence-electron chi connectivity index (χ0n) is 10.7. The van der Waals surface area contributed by atoms with Gasteiger partial charge in [0.15, 0.2) is 0 Å². The smallest absolute Gasteiger partial charge is 0.258 e. The van der Waals surface area contributed by atoms with E-state index >= 15 is 0 Å². The molecule has 0 aliphatic rings. The number of hydrogen-bond acceptors (Lipinski definition) is 4. The maximum Gasteiger partial charge on any atom is 0.258 e. The van der Waals surface area contributed by atoms with E-state index in [1.54, 1.807) is 12.1 Å². The molecule has 0 fully saturated rings. The highest BCUT2D eigenvalue weighted by atomic mass is 79.9. The first kappa shape index (κ1) is 12.9. The van der Waals surface area contributed by atoms with E-state index in [1.807, 2.05) is 37.3 Å². The quantitative estimate of drug-likeness (QED) is 0.765. The Morgan fingerprint density at radius 3 is 2.45 bits per heavy atom. The number of halogens is 1. The highest BCUT2D eigenvalue weighted by Gasteiger charge is 2.11. The van der Waals surface area contributed by atoms with E-state index in [9.17, 15) is 5.11 Å². The van der Waals surface area contributed by atoms with E-state index in [0.29, 0.717) is 11.7 Å². The van der Waals surface area contributed by atoms with Crippen LogP contribution in [0.15, 0.2) is 51.5 Å². The summed E-state index contributed by atoms with van der Waals surface area (Å²) in [6.45, 7) is 1.82. The lowest BCUT2D eigenvalue weighted by atomic mass is 10.1. The van der Waals surface area contributed by atoms with Gasteiger partial charge in [-0.3, -0.25) is 0 Å². The summed E-state index contributed by atoms with van der Waals surface area (Å²) in [5.41, 5.74) is 2.45. The highest BCUT2D eigenvalue weighted by Crippen LogP contribution is 2.26. The number of rotatable bonds is 2. The van der Waals surface area contributed by atoms with Gasteiger partial charge in [-0.05, 0) is 55.0 Å². The molecule has 0 aliphatic heterocycles. The largest absolute Gasteiger partial charge is 0.508 e. The number of benzene rings is 2. The van der Waals surface area contributed by atoms with Gasteiger partial charge in [0.05, 0.1) is 0 Å². The summed E-state index contributed by atoms with van der Waals surface area (Å²) in [7, 11) is 0. The molecular formula is C15H11BrN2O2. The van der Waals surface area contributed by atoms with Crippen LogP contribution >= 0.6 is 15.9 Å². The Morgan fingerprint density at radius 1 is 1.05 bits per heavy atom. The molecule has 0 aliphatic carbocycles. The fraction of sp³-hybridized carbons (Fsp3) is 0.0667. The number of phenols is 1. The van der Waals surface area contributed by atoms with Crippen LogP contribution in [-0.4, -0.2) is 15.2 Å². The topological polar surface area (TPSA) is 59.2 Å². The third kappa shape index (κ3) is 2.44. The molecule has 4 nitrogen and oxygen atoms in total. The molecule has 0 unspecified atom stereocenters. The van der Waals surface area contributed by atoms with Gasteiger partial charge in [-0.2, -0.15) is 4.98 Å². The standard InChI is InChI=1S/C15H11BrN2O2/c1-9-8-11(4-7-13(9)19)15-17-14(18-20-15)10-2-5-12(16)6-3-10/h2-8,19H,1H3. The first-order valence-electron chi connectivity index (χ1n) is 6.03. The second-order valence-electron chi connectivity index (χ2n) is 4.43. The van der Waals surface area contributed by atoms with Gasteiger partial charge < -0.3 is 9.63 Å². The van der Waals surface area contributed by atoms with Crippen LogP contribution in [0.3, 0.4) is 0 Å². The minimum Gasteiger partial charge on any atom is -0.508 e. The third-order valence-electron chi connectivity index (χ3n) is 2.97. The first-order valence-corrected chi connectivity index (χ1v) is 6.82. The Labute approximate surface area is 124 Å². The lowest BCUT2D eigenvalue weighted by Crippen LogP contribution is -1.82. The summed E-state index contributed by atoms with van der Waals surface area (Å²) in [5, 5.41) is 13.5. The molecule has 0 spiro atoms. The van der Waals surface area contributed by atoms with Crippen molar-refractivity contribution < 1.29 is 9.63 Å². The van der Waals surface area contributed by atoms with Crippen LogP contribution in [0.5, 0.6) is 5.75 Å². The number of phenolic OH excluding ortho intramolecular Hbond substituents is 1. The molecule has 2 aromatic carbocycles. The number of aryl methyl sites for hydroxylation is 1. The minimum absolute atomic E-state index is 0.251. The van der Waals surface area contributed by atoms with Crippen molar-refractivity contribution in [3.05, 3.63) is 52.5 Å². The lowest BCUT2D eigenvalue weighted by Gasteiger charge is -1.99. The van der Waals surface area contributed by atoms with Gasteiger partial charge in [0.2, 0.25) is 5.82 Å². The molecule has 3 aromatic rings. The van der Waals surface area contributed by atoms with E-state index < -0.39 is 0 Å². The molecule has 1 N–H and O–H groups in total. The Morgan fingerprint density at radius 2 is 1.75 bits per heavy atom. The second-order valence-corrected chi connectivity index (χ2v) is 5.35. The van der Waals surface area contributed by atoms with Crippen LogP contribution in [0.1, 0.15) is 5.56 Å². The fourth-order valence-corrected chi connectivity index (χ4v) is 2.11. The van der Waals surface area contributed by atoms with Gasteiger partial charge in [0, 0.05) is 15.6 Å². The predicted octanol–water partition coefficient (Wildman–Crippen LogP) is 4.18. The Kier molecular flexibility index (Phi) is 3.28. The first-order chi connectivity index (χ1) is 9.63. The molecule has 5 heteroatoms. The van der Waals surface area contributed by atoms with Gasteiger partial charge in [-0.1, -0.05) is 21.1 Å². The van der Waals surface area contributed by atoms with E-state index in [4.69, 9.17) is 4.52 Å². The van der Waals surface area contributed by atoms with Crippen LogP contribution < -0.4 is 0 Å². The van der Waals surface area contributed by atoms with Crippen LogP contribution in [0.2, 0.25) is 0 Å². The Bertz CT molecular complexity index is 751. The van der Waals surface area contributed by atoms with Crippen LogP contribution in [0.25, 0.3) is 22.8 Å². The van der Waals surface area contributed by atoms with Crippen molar-refractivity contribution in [1.82, 2.24) is 10.1 Å². The zero-order valence-corrected chi connectivity index (χ0v) is 12.3. The number of nitrogens with zero attached hydrogens (tertiary/aromatic N) is 2. The summed E-state index contributed by atoms with van der Waals surface area (Å²) in [6.07, 6.45) is 0. The molecule has 1 heterocycles. The van der Waals surface area contributed by atoms with Crippen molar-refractivity contribution >= 4 is 15.9 Å². The molecule has 0 radical (unpaired) electrons. The van der Waals surface area contributed by atoms with Crippen LogP contribution in [-0.2, 0) is 0 Å². The molecule has 3 rings (SSSR count). The number of hydrogen-bond donors (Lipinski definition) is 1. The van der Waals surface area contributed by atoms with Crippen molar-refractivity contribution in [3.8, 4) is 28.6 Å². The minimum atomic E-state index is 0.251. The second kappa shape index (κ2) is 5.09. The number of aromatic nitrogens is 2. The molecule has 0 saturated heterocycles. The van der Waals surface area contributed by atoms with Crippen LogP contribution in [0.4, 0.5) is 0 Å². The number of aromatic hydroxyl groups is 1. The average Bonchev–Trinajstić information content (AvgIpc) is 2.92. The molecule has 0 bridgehead atoms. The zero-order chi connectivity index (χ0) is 14.1. The monoisotopic (exact) mass is 330 g/mol. The summed E-state index contributed by atoms with van der Waals surface area (Å²) < 4.78 is 6.27. The highest BCUT2D eigenvalue weighted by molar-refractivity contribution is 9.10. The lowest BCUT2D eigenvalue weighted by molar-refractivity contribution is 0.432. The summed E-state index contributed by atoms with van der Waals surface area (Å²) in [6, 6.07) is 12.9. The normalized spacial score (nSPS) is 10.7. The van der Waals surface area contributed by atoms with E-state index in [1.165, 1.54) is 0 Å². The Hall–Kier alpha value is -2.14. The molecule has 1 aromatic heterocycles. The van der Waals surface area contributed by atoms with Crippen LogP contribution in [0, 0.1) is 6.92 Å². The SMILES string of the molecule is Cc1cc(-c2nc(-c3ccc(Br)cc3)no2)ccc1O. The van der Waals surface area contributed by atoms with Crippen molar-refractivity contribution in [2.45, 2.75) is 6.92 Å². The molecule has 0 atom stereocenters. The predicted molar refractivity (Wildman–Crippen MR) is 79.3 cm³/mol. The van der Waals surface area contributed by atoms with Gasteiger partial charge in [-0.25, -0.2) is 0 Å². The van der Waals surface area contributed by atoms with E-state index in [2.05, 4.69) is 26.1 Å². The fourth-order valence-electron chi connectivity index (χ4n) is 1.85. The Balaban J connectivity index is 1.97.